The minimum atomic E-state index is -5.32. The lowest BCUT2D eigenvalue weighted by molar-refractivity contribution is -0.206. The first-order chi connectivity index (χ1) is 24.1. The number of thiophene rings is 1. The molecule has 0 aliphatic carbocycles. The highest BCUT2D eigenvalue weighted by Crippen LogP contribution is 2.51. The van der Waals surface area contributed by atoms with Crippen LogP contribution in [0.2, 0.25) is 0 Å². The van der Waals surface area contributed by atoms with Gasteiger partial charge in [0.25, 0.3) is 23.7 Å². The first kappa shape index (κ1) is 42.2. The summed E-state index contributed by atoms with van der Waals surface area (Å²) in [6.45, 7) is 3.45. The summed E-state index contributed by atoms with van der Waals surface area (Å²) in [5.41, 5.74) is 1.86. The number of ether oxygens (including phenoxy) is 4. The van der Waals surface area contributed by atoms with Crippen LogP contribution in [-0.4, -0.2) is 78.3 Å². The molecule has 0 saturated carbocycles. The highest BCUT2D eigenvalue weighted by atomic mass is 32.1. The molecule has 2 aromatic heterocycles. The van der Waals surface area contributed by atoms with Crippen molar-refractivity contribution in [3.05, 3.63) is 22.6 Å². The Bertz CT molecular complexity index is 1630. The molecule has 0 saturated heterocycles. The van der Waals surface area contributed by atoms with Crippen LogP contribution in [0.1, 0.15) is 68.7 Å². The monoisotopic (exact) mass is 800 g/mol. The van der Waals surface area contributed by atoms with Gasteiger partial charge >= 0.3 is 6.18 Å². The van der Waals surface area contributed by atoms with Gasteiger partial charge in [0.15, 0.2) is 11.5 Å². The second-order valence-electron chi connectivity index (χ2n) is 13.3. The van der Waals surface area contributed by atoms with Gasteiger partial charge in [0, 0.05) is 42.9 Å². The molecule has 1 atom stereocenters. The molecule has 3 heterocycles. The number of hydrogen-bond donors (Lipinski definition) is 0. The molecule has 4 rings (SSSR count). The van der Waals surface area contributed by atoms with E-state index in [1.807, 2.05) is 26.0 Å². The fourth-order valence-electron chi connectivity index (χ4n) is 5.72. The van der Waals surface area contributed by atoms with E-state index in [0.29, 0.717) is 27.4 Å². The quantitative estimate of drug-likeness (QED) is 0.0889. The van der Waals surface area contributed by atoms with E-state index in [1.54, 1.807) is 0 Å². The Labute approximate surface area is 301 Å². The Morgan fingerprint density at radius 3 is 1.81 bits per heavy atom. The molecule has 0 N–H and O–H groups in total. The van der Waals surface area contributed by atoms with Crippen LogP contribution in [0.3, 0.4) is 0 Å². The molecule has 3 aromatic rings. The van der Waals surface area contributed by atoms with Gasteiger partial charge in [0.05, 0.1) is 48.1 Å². The molecule has 6 nitrogen and oxygen atoms in total. The summed E-state index contributed by atoms with van der Waals surface area (Å²) in [6.07, 6.45) is -15.4. The summed E-state index contributed by atoms with van der Waals surface area (Å²) >= 11 is 2.44. The number of benzene rings is 1. The van der Waals surface area contributed by atoms with Crippen molar-refractivity contribution in [3.8, 4) is 21.9 Å². The van der Waals surface area contributed by atoms with E-state index in [1.165, 1.54) is 11.3 Å². The van der Waals surface area contributed by atoms with Crippen LogP contribution in [0.15, 0.2) is 12.1 Å². The van der Waals surface area contributed by atoms with E-state index >= 15 is 0 Å². The van der Waals surface area contributed by atoms with E-state index in [2.05, 4.69) is 8.75 Å². The third-order valence-corrected chi connectivity index (χ3v) is 10.0. The molecule has 1 aliphatic rings. The highest BCUT2D eigenvalue weighted by Gasteiger charge is 2.50. The molecule has 294 valence electrons. The average molecular weight is 801 g/mol. The number of rotatable bonds is 19. The fraction of sp³-hybridized carbons (Fsp3) is 0.697. The SMILES string of the molecule is CCC(F)(F)CC(F)(F)CCCOCC1(COCCCC(F)(F)CC(F)(F)CC(F)(F)F)COc2c(C)sc(-c3ccc(C)c4nsnc34)c2OC1. The lowest BCUT2D eigenvalue weighted by Crippen LogP contribution is -2.43. The van der Waals surface area contributed by atoms with Gasteiger partial charge in [-0.25, -0.2) is 35.1 Å². The predicted molar refractivity (Wildman–Crippen MR) is 174 cm³/mol. The van der Waals surface area contributed by atoms with Crippen molar-refractivity contribution in [1.82, 2.24) is 8.75 Å². The Balaban J connectivity index is 1.43. The van der Waals surface area contributed by atoms with E-state index < -0.39 is 86.8 Å². The number of fused-ring (bicyclic) bond motifs is 2. The molecule has 0 spiro atoms. The van der Waals surface area contributed by atoms with E-state index in [4.69, 9.17) is 18.9 Å². The average Bonchev–Trinajstić information content (AvgIpc) is 3.56. The third kappa shape index (κ3) is 11.7. The number of alkyl halides is 11. The summed E-state index contributed by atoms with van der Waals surface area (Å²) in [6, 6.07) is 3.76. The van der Waals surface area contributed by atoms with Crippen LogP contribution < -0.4 is 9.47 Å². The third-order valence-electron chi connectivity index (χ3n) is 8.38. The molecule has 1 aliphatic heterocycles. The van der Waals surface area contributed by atoms with Crippen molar-refractivity contribution in [2.24, 2.45) is 5.41 Å². The van der Waals surface area contributed by atoms with E-state index in [0.717, 1.165) is 34.7 Å². The molecular weight excluding hydrogens is 761 g/mol. The van der Waals surface area contributed by atoms with Crippen LogP contribution in [0.25, 0.3) is 21.5 Å². The van der Waals surface area contributed by atoms with Crippen LogP contribution in [0.5, 0.6) is 11.5 Å². The van der Waals surface area contributed by atoms with Gasteiger partial charge in [-0.15, -0.1) is 11.3 Å². The van der Waals surface area contributed by atoms with Crippen LogP contribution >= 0.6 is 23.1 Å². The summed E-state index contributed by atoms with van der Waals surface area (Å²) < 4.78 is 181. The minimum Gasteiger partial charge on any atom is -0.488 e. The van der Waals surface area contributed by atoms with Crippen molar-refractivity contribution in [3.63, 3.8) is 0 Å². The molecule has 0 radical (unpaired) electrons. The molecule has 52 heavy (non-hydrogen) atoms. The summed E-state index contributed by atoms with van der Waals surface area (Å²) in [7, 11) is 0. The molecule has 0 bridgehead atoms. The molecule has 1 unspecified atom stereocenters. The maximum absolute atomic E-state index is 14.2. The van der Waals surface area contributed by atoms with Gasteiger partial charge in [0.1, 0.15) is 30.7 Å². The first-order valence-electron chi connectivity index (χ1n) is 16.4. The van der Waals surface area contributed by atoms with E-state index in [9.17, 15) is 48.3 Å². The van der Waals surface area contributed by atoms with Gasteiger partial charge in [-0.2, -0.15) is 21.9 Å². The van der Waals surface area contributed by atoms with Gasteiger partial charge in [-0.05, 0) is 32.3 Å². The van der Waals surface area contributed by atoms with Crippen LogP contribution in [0, 0.1) is 19.3 Å². The minimum absolute atomic E-state index is 0.114. The Kier molecular flexibility index (Phi) is 13.4. The molecule has 0 amide bonds. The smallest absolute Gasteiger partial charge is 0.394 e. The maximum Gasteiger partial charge on any atom is 0.394 e. The lowest BCUT2D eigenvalue weighted by Gasteiger charge is -2.31. The Hall–Kier alpha value is -2.51. The number of halogens is 11. The van der Waals surface area contributed by atoms with Gasteiger partial charge < -0.3 is 18.9 Å². The number of aryl methyl sites for hydroxylation is 2. The molecule has 1 aromatic carbocycles. The Morgan fingerprint density at radius 1 is 0.712 bits per heavy atom. The summed E-state index contributed by atoms with van der Waals surface area (Å²) in [4.78, 5) is 1.44. The highest BCUT2D eigenvalue weighted by molar-refractivity contribution is 7.16. The topological polar surface area (TPSA) is 62.7 Å². The fourth-order valence-corrected chi connectivity index (χ4v) is 7.40. The van der Waals surface area contributed by atoms with Crippen molar-refractivity contribution in [2.45, 2.75) is 102 Å². The standard InChI is InChI=1S/C33H39F11N2O4S2/c1-4-29(34,35)13-30(36,37)9-5-11-47-16-28(17-48-12-6-10-31(38,39)14-32(40,41)15-33(42,43)44)18-49-25-21(3)51-27(26(25)50-19-28)22-8-7-20(2)23-24(22)46-52-45-23/h7-8H,4-6,9-19H2,1-3H3. The number of aromatic nitrogens is 2. The summed E-state index contributed by atoms with van der Waals surface area (Å²) in [5.74, 6) is -15.1. The molecule has 0 fully saturated rings. The van der Waals surface area contributed by atoms with Crippen molar-refractivity contribution < 1.29 is 67.2 Å². The van der Waals surface area contributed by atoms with Gasteiger partial charge in [-0.1, -0.05) is 19.1 Å². The van der Waals surface area contributed by atoms with Crippen LogP contribution in [-0.2, 0) is 9.47 Å². The maximum atomic E-state index is 14.2. The Morgan fingerprint density at radius 2 is 1.25 bits per heavy atom. The van der Waals surface area contributed by atoms with Gasteiger partial charge in [0.2, 0.25) is 0 Å². The zero-order valence-corrected chi connectivity index (χ0v) is 30.2. The molecular formula is C33H39F11N2O4S2. The number of nitrogens with zero attached hydrogens (tertiary/aromatic N) is 2. The van der Waals surface area contributed by atoms with Crippen molar-refractivity contribution in [1.29, 1.82) is 0 Å². The zero-order valence-electron chi connectivity index (χ0n) is 28.6. The van der Waals surface area contributed by atoms with Crippen molar-refractivity contribution in [2.75, 3.05) is 39.6 Å². The zero-order chi connectivity index (χ0) is 38.6. The lowest BCUT2D eigenvalue weighted by atomic mass is 9.92. The largest absolute Gasteiger partial charge is 0.488 e. The van der Waals surface area contributed by atoms with Gasteiger partial charge in [-0.3, -0.25) is 0 Å². The second-order valence-corrected chi connectivity index (χ2v) is 15.1. The number of hydrogen-bond acceptors (Lipinski definition) is 8. The van der Waals surface area contributed by atoms with Crippen LogP contribution in [0.4, 0.5) is 48.3 Å². The molecule has 19 heteroatoms. The van der Waals surface area contributed by atoms with E-state index in [-0.39, 0.29) is 39.5 Å². The summed E-state index contributed by atoms with van der Waals surface area (Å²) in [5, 5.41) is 0. The second kappa shape index (κ2) is 16.5. The first-order valence-corrected chi connectivity index (χ1v) is 18.0. The van der Waals surface area contributed by atoms with Crippen molar-refractivity contribution >= 4 is 34.1 Å². The normalized spacial score (nSPS) is 17.6. The predicted octanol–water partition coefficient (Wildman–Crippen LogP) is 11.1.